The first-order valence-corrected chi connectivity index (χ1v) is 9.66. The molecule has 0 aliphatic carbocycles. The minimum Gasteiger partial charge on any atom is -0.337 e. The molecule has 25 heavy (non-hydrogen) atoms. The molecule has 3 rings (SSSR count). The lowest BCUT2D eigenvalue weighted by molar-refractivity contribution is 0.0707. The molecule has 0 bridgehead atoms. The van der Waals surface area contributed by atoms with Gasteiger partial charge in [-0.2, -0.15) is 0 Å². The maximum atomic E-state index is 12.9. The summed E-state index contributed by atoms with van der Waals surface area (Å²) in [7, 11) is 4.16. The van der Waals surface area contributed by atoms with Crippen LogP contribution in [0.5, 0.6) is 0 Å². The average molecular weight is 362 g/mol. The van der Waals surface area contributed by atoms with Gasteiger partial charge in [0.15, 0.2) is 0 Å². The SMILES string of the molecule is Cc1nc(C)c(C(=O)N2CCC[C@H](c3nccn3CCN(C)C)C2)s1. The molecule has 1 fully saturated rings. The maximum Gasteiger partial charge on any atom is 0.265 e. The molecule has 0 saturated carbocycles. The lowest BCUT2D eigenvalue weighted by atomic mass is 9.97. The molecule has 0 aromatic carbocycles. The number of piperidine rings is 1. The highest BCUT2D eigenvalue weighted by atomic mass is 32.1. The molecule has 1 aliphatic heterocycles. The fraction of sp³-hybridized carbons (Fsp3) is 0.611. The Hall–Kier alpha value is -1.73. The van der Waals surface area contributed by atoms with Crippen molar-refractivity contribution in [2.75, 3.05) is 33.7 Å². The number of hydrogen-bond acceptors (Lipinski definition) is 5. The zero-order valence-electron chi connectivity index (χ0n) is 15.5. The number of aromatic nitrogens is 3. The summed E-state index contributed by atoms with van der Waals surface area (Å²) in [6.07, 6.45) is 6.04. The Kier molecular flexibility index (Phi) is 5.54. The van der Waals surface area contributed by atoms with E-state index in [1.807, 2.05) is 24.9 Å². The van der Waals surface area contributed by atoms with Gasteiger partial charge >= 0.3 is 0 Å². The fourth-order valence-corrected chi connectivity index (χ4v) is 4.31. The number of imidazole rings is 1. The summed E-state index contributed by atoms with van der Waals surface area (Å²) in [4.78, 5) is 26.9. The molecule has 0 radical (unpaired) electrons. The first kappa shape index (κ1) is 18.1. The van der Waals surface area contributed by atoms with Gasteiger partial charge < -0.3 is 14.4 Å². The van der Waals surface area contributed by atoms with Gasteiger partial charge in [0.05, 0.1) is 10.7 Å². The fourth-order valence-electron chi connectivity index (χ4n) is 3.42. The second-order valence-corrected chi connectivity index (χ2v) is 8.22. The van der Waals surface area contributed by atoms with Gasteiger partial charge in [-0.3, -0.25) is 4.79 Å². The molecule has 7 heteroatoms. The van der Waals surface area contributed by atoms with Crippen LogP contribution in [0.15, 0.2) is 12.4 Å². The molecule has 1 aliphatic rings. The van der Waals surface area contributed by atoms with Crippen molar-refractivity contribution in [1.29, 1.82) is 0 Å². The topological polar surface area (TPSA) is 54.3 Å². The molecule has 1 amide bonds. The largest absolute Gasteiger partial charge is 0.337 e. The predicted octanol–water partition coefficient (Wildman–Crippen LogP) is 2.54. The Balaban J connectivity index is 1.72. The normalized spacial score (nSPS) is 18.1. The minimum atomic E-state index is 0.124. The van der Waals surface area contributed by atoms with E-state index in [1.165, 1.54) is 11.3 Å². The Morgan fingerprint density at radius 1 is 1.40 bits per heavy atom. The van der Waals surface area contributed by atoms with Crippen molar-refractivity contribution in [3.05, 3.63) is 33.8 Å². The van der Waals surface area contributed by atoms with Gasteiger partial charge in [0.2, 0.25) is 0 Å². The number of rotatable bonds is 5. The van der Waals surface area contributed by atoms with Crippen LogP contribution in [0.3, 0.4) is 0 Å². The third-order valence-corrected chi connectivity index (χ3v) is 5.77. The number of amides is 1. The molecule has 0 unspecified atom stereocenters. The van der Waals surface area contributed by atoms with Gasteiger partial charge in [-0.05, 0) is 40.8 Å². The standard InChI is InChI=1S/C18H27N5OS/c1-13-16(25-14(2)20-13)18(24)23-8-5-6-15(12-23)17-19-7-9-22(17)11-10-21(3)4/h7,9,15H,5-6,8,10-12H2,1-4H3/t15-/m0/s1. The molecule has 3 heterocycles. The number of likely N-dealkylation sites (N-methyl/N-ethyl adjacent to an activating group) is 1. The average Bonchev–Trinajstić information content (AvgIpc) is 3.18. The van der Waals surface area contributed by atoms with Crippen LogP contribution in [-0.2, 0) is 6.54 Å². The number of nitrogens with zero attached hydrogens (tertiary/aromatic N) is 5. The van der Waals surface area contributed by atoms with E-state index in [-0.39, 0.29) is 5.91 Å². The van der Waals surface area contributed by atoms with E-state index in [9.17, 15) is 4.79 Å². The molecule has 0 N–H and O–H groups in total. The van der Waals surface area contributed by atoms with Gasteiger partial charge in [0, 0.05) is 44.5 Å². The molecule has 136 valence electrons. The first-order chi connectivity index (χ1) is 12.0. The van der Waals surface area contributed by atoms with Crippen LogP contribution in [0.4, 0.5) is 0 Å². The maximum absolute atomic E-state index is 12.9. The number of aryl methyl sites for hydroxylation is 2. The molecule has 2 aromatic heterocycles. The van der Waals surface area contributed by atoms with Crippen molar-refractivity contribution >= 4 is 17.2 Å². The molecular formula is C18H27N5OS. The zero-order chi connectivity index (χ0) is 18.0. The third-order valence-electron chi connectivity index (χ3n) is 4.71. The highest BCUT2D eigenvalue weighted by molar-refractivity contribution is 7.13. The van der Waals surface area contributed by atoms with Gasteiger partial charge in [-0.1, -0.05) is 0 Å². The van der Waals surface area contributed by atoms with Crippen molar-refractivity contribution in [3.8, 4) is 0 Å². The van der Waals surface area contributed by atoms with Crippen LogP contribution < -0.4 is 0 Å². The van der Waals surface area contributed by atoms with E-state index in [4.69, 9.17) is 0 Å². The Morgan fingerprint density at radius 3 is 2.88 bits per heavy atom. The summed E-state index contributed by atoms with van der Waals surface area (Å²) in [6, 6.07) is 0. The van der Waals surface area contributed by atoms with Crippen molar-refractivity contribution < 1.29 is 4.79 Å². The lowest BCUT2D eigenvalue weighted by Gasteiger charge is -2.32. The van der Waals surface area contributed by atoms with Crippen LogP contribution in [-0.4, -0.2) is 64.0 Å². The summed E-state index contributed by atoms with van der Waals surface area (Å²) in [6.45, 7) is 7.36. The van der Waals surface area contributed by atoms with Gasteiger partial charge in [-0.15, -0.1) is 11.3 Å². The Morgan fingerprint density at radius 2 is 2.20 bits per heavy atom. The first-order valence-electron chi connectivity index (χ1n) is 8.84. The van der Waals surface area contributed by atoms with Crippen LogP contribution in [0, 0.1) is 13.8 Å². The number of carbonyl (C=O) groups is 1. The lowest BCUT2D eigenvalue weighted by Crippen LogP contribution is -2.39. The van der Waals surface area contributed by atoms with E-state index >= 15 is 0 Å². The number of carbonyl (C=O) groups excluding carboxylic acids is 1. The molecule has 1 saturated heterocycles. The van der Waals surface area contributed by atoms with Crippen LogP contribution >= 0.6 is 11.3 Å². The van der Waals surface area contributed by atoms with Crippen LogP contribution in [0.2, 0.25) is 0 Å². The van der Waals surface area contributed by atoms with Crippen LogP contribution in [0.1, 0.15) is 45.0 Å². The zero-order valence-corrected chi connectivity index (χ0v) is 16.3. The third kappa shape index (κ3) is 4.10. The molecule has 6 nitrogen and oxygen atoms in total. The number of hydrogen-bond donors (Lipinski definition) is 0. The predicted molar refractivity (Wildman–Crippen MR) is 100 cm³/mol. The summed E-state index contributed by atoms with van der Waals surface area (Å²) >= 11 is 1.50. The highest BCUT2D eigenvalue weighted by Crippen LogP contribution is 2.28. The smallest absolute Gasteiger partial charge is 0.265 e. The minimum absolute atomic E-state index is 0.124. The molecule has 1 atom stereocenters. The highest BCUT2D eigenvalue weighted by Gasteiger charge is 2.29. The Labute approximate surface area is 153 Å². The quantitative estimate of drug-likeness (QED) is 0.821. The molecule has 0 spiro atoms. The second kappa shape index (κ2) is 7.66. The van der Waals surface area contributed by atoms with Gasteiger partial charge in [-0.25, -0.2) is 9.97 Å². The van der Waals surface area contributed by atoms with Gasteiger partial charge in [0.1, 0.15) is 10.7 Å². The van der Waals surface area contributed by atoms with Crippen molar-refractivity contribution in [3.63, 3.8) is 0 Å². The van der Waals surface area contributed by atoms with E-state index in [0.717, 1.165) is 60.4 Å². The summed E-state index contributed by atoms with van der Waals surface area (Å²) in [5.41, 5.74) is 0.849. The molecular weight excluding hydrogens is 334 g/mol. The van der Waals surface area contributed by atoms with Crippen molar-refractivity contribution in [2.24, 2.45) is 0 Å². The van der Waals surface area contributed by atoms with Gasteiger partial charge in [0.25, 0.3) is 5.91 Å². The number of likely N-dealkylation sites (tertiary alicyclic amines) is 1. The summed E-state index contributed by atoms with van der Waals surface area (Å²) < 4.78 is 2.24. The number of thiazole rings is 1. The van der Waals surface area contributed by atoms with Crippen molar-refractivity contribution in [2.45, 2.75) is 39.2 Å². The van der Waals surface area contributed by atoms with E-state index in [2.05, 4.69) is 39.7 Å². The molecule has 2 aromatic rings. The van der Waals surface area contributed by atoms with E-state index in [0.29, 0.717) is 5.92 Å². The van der Waals surface area contributed by atoms with Crippen LogP contribution in [0.25, 0.3) is 0 Å². The Bertz CT molecular complexity index is 736. The van der Waals surface area contributed by atoms with E-state index in [1.54, 1.807) is 0 Å². The van der Waals surface area contributed by atoms with Crippen molar-refractivity contribution in [1.82, 2.24) is 24.3 Å². The summed E-state index contributed by atoms with van der Waals surface area (Å²) in [5.74, 6) is 1.54. The monoisotopic (exact) mass is 361 g/mol. The second-order valence-electron chi connectivity index (χ2n) is 7.02. The summed E-state index contributed by atoms with van der Waals surface area (Å²) in [5, 5.41) is 0.952. The van der Waals surface area contributed by atoms with E-state index < -0.39 is 0 Å².